The van der Waals surface area contributed by atoms with Gasteiger partial charge in [0.15, 0.2) is 0 Å². The van der Waals surface area contributed by atoms with E-state index in [0.717, 1.165) is 18.4 Å². The number of methoxy groups -OCH3 is 1. The number of carbonyl (C=O) groups is 2. The smallest absolute Gasteiger partial charge is 0.410 e. The summed E-state index contributed by atoms with van der Waals surface area (Å²) in [6, 6.07) is 9.51. The standard InChI is InChI=1S/C16H19NO4/c1-20-15(18)13-7-12-8-14(13)17(9-12)16(19)21-10-11-5-3-2-4-6-11/h2-6,12-14H,7-10H2,1H3/t12-,13-,14+/m0/s1. The van der Waals surface area contributed by atoms with Gasteiger partial charge in [0.2, 0.25) is 0 Å². The summed E-state index contributed by atoms with van der Waals surface area (Å²) >= 11 is 0. The Bertz CT molecular complexity index is 530. The van der Waals surface area contributed by atoms with Crippen LogP contribution in [0.5, 0.6) is 0 Å². The van der Waals surface area contributed by atoms with Crippen molar-refractivity contribution in [3.8, 4) is 0 Å². The molecule has 21 heavy (non-hydrogen) atoms. The van der Waals surface area contributed by atoms with Crippen molar-refractivity contribution in [1.29, 1.82) is 0 Å². The number of likely N-dealkylation sites (tertiary alicyclic amines) is 1. The zero-order valence-corrected chi connectivity index (χ0v) is 12.0. The topological polar surface area (TPSA) is 55.8 Å². The van der Waals surface area contributed by atoms with Crippen LogP contribution in [0.25, 0.3) is 0 Å². The lowest BCUT2D eigenvalue weighted by Crippen LogP contribution is -2.45. The second kappa shape index (κ2) is 5.76. The molecule has 0 aromatic heterocycles. The summed E-state index contributed by atoms with van der Waals surface area (Å²) in [5, 5.41) is 0. The summed E-state index contributed by atoms with van der Waals surface area (Å²) in [6.07, 6.45) is 1.36. The van der Waals surface area contributed by atoms with E-state index in [4.69, 9.17) is 9.47 Å². The summed E-state index contributed by atoms with van der Waals surface area (Å²) in [6.45, 7) is 0.947. The summed E-state index contributed by atoms with van der Waals surface area (Å²) in [7, 11) is 1.40. The van der Waals surface area contributed by atoms with Crippen LogP contribution in [0.4, 0.5) is 4.79 Å². The molecule has 0 N–H and O–H groups in total. The predicted octanol–water partition coefficient (Wildman–Crippen LogP) is 2.21. The largest absolute Gasteiger partial charge is 0.469 e. The van der Waals surface area contributed by atoms with Gasteiger partial charge in [0, 0.05) is 12.6 Å². The number of benzene rings is 1. The van der Waals surface area contributed by atoms with Crippen LogP contribution in [0.1, 0.15) is 18.4 Å². The van der Waals surface area contributed by atoms with Gasteiger partial charge in [0.25, 0.3) is 0 Å². The van der Waals surface area contributed by atoms with E-state index in [9.17, 15) is 9.59 Å². The van der Waals surface area contributed by atoms with Crippen molar-refractivity contribution in [1.82, 2.24) is 4.90 Å². The van der Waals surface area contributed by atoms with E-state index < -0.39 is 0 Å². The SMILES string of the molecule is COC(=O)[C@H]1C[C@H]2C[C@H]1N(C(=O)OCc1ccccc1)C2. The molecule has 1 heterocycles. The van der Waals surface area contributed by atoms with Crippen molar-refractivity contribution in [2.24, 2.45) is 11.8 Å². The number of nitrogens with zero attached hydrogens (tertiary/aromatic N) is 1. The highest BCUT2D eigenvalue weighted by Crippen LogP contribution is 2.42. The number of amides is 1. The Kier molecular flexibility index (Phi) is 3.82. The second-order valence-electron chi connectivity index (χ2n) is 5.73. The summed E-state index contributed by atoms with van der Waals surface area (Å²) in [5.74, 6) is -0.0236. The van der Waals surface area contributed by atoms with Crippen molar-refractivity contribution >= 4 is 12.1 Å². The third-order valence-corrected chi connectivity index (χ3v) is 4.43. The van der Waals surface area contributed by atoms with Gasteiger partial charge in [-0.2, -0.15) is 0 Å². The molecule has 5 nitrogen and oxygen atoms in total. The van der Waals surface area contributed by atoms with E-state index in [1.54, 1.807) is 4.90 Å². The number of ether oxygens (including phenoxy) is 2. The molecule has 0 radical (unpaired) electrons. The molecule has 112 valence electrons. The molecule has 3 atom stereocenters. The van der Waals surface area contributed by atoms with E-state index in [1.165, 1.54) is 7.11 Å². The Balaban J connectivity index is 1.59. The normalized spacial score (nSPS) is 26.7. The molecular weight excluding hydrogens is 270 g/mol. The Morgan fingerprint density at radius 2 is 2.00 bits per heavy atom. The van der Waals surface area contributed by atoms with Crippen LogP contribution < -0.4 is 0 Å². The predicted molar refractivity (Wildman–Crippen MR) is 75.4 cm³/mol. The summed E-state index contributed by atoms with van der Waals surface area (Å²) in [4.78, 5) is 25.7. The van der Waals surface area contributed by atoms with Gasteiger partial charge in [0.1, 0.15) is 6.61 Å². The van der Waals surface area contributed by atoms with Gasteiger partial charge in [-0.15, -0.1) is 0 Å². The van der Waals surface area contributed by atoms with E-state index in [0.29, 0.717) is 12.5 Å². The average molecular weight is 289 g/mol. The molecule has 5 heteroatoms. The molecule has 1 aliphatic heterocycles. The number of hydrogen-bond acceptors (Lipinski definition) is 4. The Morgan fingerprint density at radius 3 is 2.67 bits per heavy atom. The number of esters is 1. The minimum atomic E-state index is -0.333. The van der Waals surface area contributed by atoms with E-state index >= 15 is 0 Å². The molecule has 1 aliphatic carbocycles. The maximum Gasteiger partial charge on any atom is 0.410 e. The molecular formula is C16H19NO4. The lowest BCUT2D eigenvalue weighted by atomic mass is 9.99. The minimum absolute atomic E-state index is 0.0641. The molecule has 2 fully saturated rings. The fourth-order valence-electron chi connectivity index (χ4n) is 3.44. The molecule has 1 aromatic carbocycles. The van der Waals surface area contributed by atoms with Crippen molar-refractivity contribution in [2.75, 3.05) is 13.7 Å². The fourth-order valence-corrected chi connectivity index (χ4v) is 3.44. The fraction of sp³-hybridized carbons (Fsp3) is 0.500. The van der Waals surface area contributed by atoms with Crippen molar-refractivity contribution in [3.63, 3.8) is 0 Å². The molecule has 1 saturated heterocycles. The van der Waals surface area contributed by atoms with Crippen LogP contribution in [0.3, 0.4) is 0 Å². The van der Waals surface area contributed by atoms with E-state index in [2.05, 4.69) is 0 Å². The van der Waals surface area contributed by atoms with E-state index in [-0.39, 0.29) is 30.6 Å². The zero-order chi connectivity index (χ0) is 14.8. The maximum atomic E-state index is 12.2. The number of carbonyl (C=O) groups excluding carboxylic acids is 2. The van der Waals surface area contributed by atoms with Gasteiger partial charge in [-0.1, -0.05) is 30.3 Å². The van der Waals surface area contributed by atoms with Crippen LogP contribution in [-0.4, -0.2) is 36.7 Å². The third-order valence-electron chi connectivity index (χ3n) is 4.43. The first-order chi connectivity index (χ1) is 10.2. The van der Waals surface area contributed by atoms with Crippen molar-refractivity contribution in [2.45, 2.75) is 25.5 Å². The monoisotopic (exact) mass is 289 g/mol. The van der Waals surface area contributed by atoms with Gasteiger partial charge in [0.05, 0.1) is 13.0 Å². The van der Waals surface area contributed by atoms with Crippen LogP contribution in [-0.2, 0) is 20.9 Å². The molecule has 2 aliphatic rings. The van der Waals surface area contributed by atoms with Crippen LogP contribution in [0.2, 0.25) is 0 Å². The van der Waals surface area contributed by atoms with Gasteiger partial charge < -0.3 is 14.4 Å². The van der Waals surface area contributed by atoms with Crippen molar-refractivity contribution in [3.05, 3.63) is 35.9 Å². The first kappa shape index (κ1) is 13.9. The summed E-state index contributed by atoms with van der Waals surface area (Å²) < 4.78 is 10.2. The van der Waals surface area contributed by atoms with Gasteiger partial charge >= 0.3 is 12.1 Å². The minimum Gasteiger partial charge on any atom is -0.469 e. The first-order valence-corrected chi connectivity index (χ1v) is 7.24. The first-order valence-electron chi connectivity index (χ1n) is 7.24. The highest BCUT2D eigenvalue weighted by molar-refractivity contribution is 5.76. The molecule has 1 amide bonds. The Hall–Kier alpha value is -2.04. The molecule has 2 bridgehead atoms. The van der Waals surface area contributed by atoms with E-state index in [1.807, 2.05) is 30.3 Å². The lowest BCUT2D eigenvalue weighted by molar-refractivity contribution is -0.147. The average Bonchev–Trinajstić information content (AvgIpc) is 3.13. The van der Waals surface area contributed by atoms with Crippen molar-refractivity contribution < 1.29 is 19.1 Å². The Morgan fingerprint density at radius 1 is 1.24 bits per heavy atom. The lowest BCUT2D eigenvalue weighted by Gasteiger charge is -2.30. The second-order valence-corrected chi connectivity index (χ2v) is 5.73. The number of piperidine rings is 1. The van der Waals surface area contributed by atoms with Gasteiger partial charge in [-0.3, -0.25) is 4.79 Å². The molecule has 0 unspecified atom stereocenters. The zero-order valence-electron chi connectivity index (χ0n) is 12.0. The summed E-state index contributed by atoms with van der Waals surface area (Å²) in [5.41, 5.74) is 0.958. The number of hydrogen-bond donors (Lipinski definition) is 0. The highest BCUT2D eigenvalue weighted by Gasteiger charge is 2.50. The van der Waals surface area contributed by atoms with Crippen LogP contribution in [0, 0.1) is 11.8 Å². The molecule has 1 aromatic rings. The quantitative estimate of drug-likeness (QED) is 0.801. The van der Waals surface area contributed by atoms with Gasteiger partial charge in [-0.25, -0.2) is 4.79 Å². The number of rotatable bonds is 3. The van der Waals surface area contributed by atoms with Gasteiger partial charge in [-0.05, 0) is 24.3 Å². The number of fused-ring (bicyclic) bond motifs is 2. The van der Waals surface area contributed by atoms with Crippen LogP contribution >= 0.6 is 0 Å². The molecule has 3 rings (SSSR count). The molecule has 1 saturated carbocycles. The Labute approximate surface area is 123 Å². The highest BCUT2D eigenvalue weighted by atomic mass is 16.6. The molecule has 0 spiro atoms. The van der Waals surface area contributed by atoms with Crippen LogP contribution in [0.15, 0.2) is 30.3 Å². The third kappa shape index (κ3) is 2.73. The maximum absolute atomic E-state index is 12.2.